The van der Waals surface area contributed by atoms with Gasteiger partial charge in [-0.25, -0.2) is 5.43 Å². The summed E-state index contributed by atoms with van der Waals surface area (Å²) in [5.74, 6) is 1.18. The fraction of sp³-hybridized carbons (Fsp3) is 0.333. The van der Waals surface area contributed by atoms with Crippen LogP contribution in [0.1, 0.15) is 38.7 Å². The highest BCUT2D eigenvalue weighted by Gasteiger charge is 2.17. The van der Waals surface area contributed by atoms with Crippen LogP contribution in [0.2, 0.25) is 0 Å². The lowest BCUT2D eigenvalue weighted by atomic mass is 10.2. The first-order valence-electron chi connectivity index (χ1n) is 9.10. The molecule has 27 heavy (non-hydrogen) atoms. The van der Waals surface area contributed by atoms with E-state index in [2.05, 4.69) is 33.4 Å². The van der Waals surface area contributed by atoms with Crippen molar-refractivity contribution in [2.45, 2.75) is 39.2 Å². The molecule has 0 radical (unpaired) electrons. The molecule has 2 aromatic carbocycles. The largest absolute Gasteiger partial charge is 0.494 e. The molecule has 2 rings (SSSR count). The zero-order valence-electron chi connectivity index (χ0n) is 15.7. The Labute approximate surface area is 168 Å². The van der Waals surface area contributed by atoms with Gasteiger partial charge in [0.25, 0.3) is 5.91 Å². The molecule has 0 aliphatic rings. The number of hydrazone groups is 1. The van der Waals surface area contributed by atoms with Gasteiger partial charge in [-0.1, -0.05) is 42.3 Å². The van der Waals surface area contributed by atoms with E-state index in [-0.39, 0.29) is 5.91 Å². The Morgan fingerprint density at radius 3 is 2.63 bits per heavy atom. The van der Waals surface area contributed by atoms with Gasteiger partial charge in [-0.05, 0) is 60.9 Å². The molecule has 0 saturated carbocycles. The van der Waals surface area contributed by atoms with Gasteiger partial charge in [-0.3, -0.25) is 4.79 Å². The summed E-state index contributed by atoms with van der Waals surface area (Å²) in [6.45, 7) is 4.74. The van der Waals surface area contributed by atoms with Gasteiger partial charge in [0.1, 0.15) is 11.5 Å². The molecular formula is C21H25BrN2O3. The SMILES string of the molecule is CCCCOc1ccc(C=NNC(=O)C(CC)Oc2cccc(Br)c2)cc1. The summed E-state index contributed by atoms with van der Waals surface area (Å²) in [6, 6.07) is 15.0. The monoisotopic (exact) mass is 432 g/mol. The average Bonchev–Trinajstić information content (AvgIpc) is 2.67. The van der Waals surface area contributed by atoms with Crippen molar-refractivity contribution >= 4 is 28.1 Å². The van der Waals surface area contributed by atoms with Crippen LogP contribution in [0, 0.1) is 0 Å². The molecule has 0 spiro atoms. The second-order valence-corrected chi connectivity index (χ2v) is 6.89. The quantitative estimate of drug-likeness (QED) is 0.328. The van der Waals surface area contributed by atoms with Crippen molar-refractivity contribution < 1.29 is 14.3 Å². The van der Waals surface area contributed by atoms with E-state index in [1.54, 1.807) is 6.21 Å². The van der Waals surface area contributed by atoms with Gasteiger partial charge in [-0.15, -0.1) is 0 Å². The minimum Gasteiger partial charge on any atom is -0.494 e. The lowest BCUT2D eigenvalue weighted by Gasteiger charge is -2.15. The molecule has 1 unspecified atom stereocenters. The van der Waals surface area contributed by atoms with Crippen molar-refractivity contribution in [1.82, 2.24) is 5.43 Å². The third kappa shape index (κ3) is 7.43. The van der Waals surface area contributed by atoms with Gasteiger partial charge in [0.15, 0.2) is 6.10 Å². The molecule has 5 nitrogen and oxygen atoms in total. The van der Waals surface area contributed by atoms with Crippen molar-refractivity contribution in [3.8, 4) is 11.5 Å². The lowest BCUT2D eigenvalue weighted by molar-refractivity contribution is -0.128. The maximum atomic E-state index is 12.3. The molecule has 0 aliphatic heterocycles. The summed E-state index contributed by atoms with van der Waals surface area (Å²) in [4.78, 5) is 12.3. The average molecular weight is 433 g/mol. The van der Waals surface area contributed by atoms with E-state index in [0.29, 0.717) is 12.2 Å². The van der Waals surface area contributed by atoms with E-state index in [4.69, 9.17) is 9.47 Å². The van der Waals surface area contributed by atoms with Gasteiger partial charge >= 0.3 is 0 Å². The third-order valence-corrected chi connectivity index (χ3v) is 4.27. The molecule has 0 heterocycles. The molecule has 0 bridgehead atoms. The van der Waals surface area contributed by atoms with Gasteiger partial charge < -0.3 is 9.47 Å². The Hall–Kier alpha value is -2.34. The second-order valence-electron chi connectivity index (χ2n) is 5.98. The summed E-state index contributed by atoms with van der Waals surface area (Å²) in [5.41, 5.74) is 3.41. The summed E-state index contributed by atoms with van der Waals surface area (Å²) < 4.78 is 12.3. The van der Waals surface area contributed by atoms with Crippen LogP contribution in [0.25, 0.3) is 0 Å². The lowest BCUT2D eigenvalue weighted by Crippen LogP contribution is -2.35. The highest BCUT2D eigenvalue weighted by atomic mass is 79.9. The van der Waals surface area contributed by atoms with Gasteiger partial charge in [0.05, 0.1) is 12.8 Å². The first-order valence-corrected chi connectivity index (χ1v) is 9.89. The summed E-state index contributed by atoms with van der Waals surface area (Å²) in [6.07, 6.45) is 3.67. The first-order chi connectivity index (χ1) is 13.1. The standard InChI is InChI=1S/C21H25BrN2O3/c1-3-5-13-26-18-11-9-16(10-12-18)15-23-24-21(25)20(4-2)27-19-8-6-7-17(22)14-19/h6-12,14-15,20H,3-5,13H2,1-2H3,(H,24,25). The maximum Gasteiger partial charge on any atom is 0.281 e. The number of hydrogen-bond donors (Lipinski definition) is 1. The van der Waals surface area contributed by atoms with E-state index in [0.717, 1.165) is 35.2 Å². The zero-order chi connectivity index (χ0) is 19.5. The molecule has 1 N–H and O–H groups in total. The molecule has 0 fully saturated rings. The van der Waals surface area contributed by atoms with Gasteiger partial charge in [0, 0.05) is 4.47 Å². The number of carbonyl (C=O) groups is 1. The van der Waals surface area contributed by atoms with E-state index in [1.807, 2.05) is 55.5 Å². The maximum absolute atomic E-state index is 12.3. The normalized spacial score (nSPS) is 12.0. The molecule has 6 heteroatoms. The predicted octanol–water partition coefficient (Wildman–Crippen LogP) is 4.94. The van der Waals surface area contributed by atoms with Crippen LogP contribution < -0.4 is 14.9 Å². The molecule has 0 aliphatic carbocycles. The van der Waals surface area contributed by atoms with Crippen molar-refractivity contribution in [3.05, 3.63) is 58.6 Å². The number of amides is 1. The Kier molecular flexibility index (Phi) is 8.84. The number of halogens is 1. The number of hydrogen-bond acceptors (Lipinski definition) is 4. The molecule has 0 saturated heterocycles. The first kappa shape index (κ1) is 21.0. The minimum absolute atomic E-state index is 0.284. The van der Waals surface area contributed by atoms with Crippen LogP contribution in [-0.4, -0.2) is 24.8 Å². The van der Waals surface area contributed by atoms with Crippen LogP contribution in [-0.2, 0) is 4.79 Å². The minimum atomic E-state index is -0.606. The number of benzene rings is 2. The summed E-state index contributed by atoms with van der Waals surface area (Å²) in [7, 11) is 0. The fourth-order valence-electron chi connectivity index (χ4n) is 2.25. The van der Waals surface area contributed by atoms with Crippen molar-refractivity contribution in [1.29, 1.82) is 0 Å². The van der Waals surface area contributed by atoms with Crippen LogP contribution in [0.5, 0.6) is 11.5 Å². The van der Waals surface area contributed by atoms with Crippen molar-refractivity contribution in [2.24, 2.45) is 5.10 Å². The van der Waals surface area contributed by atoms with Crippen molar-refractivity contribution in [2.75, 3.05) is 6.61 Å². The van der Waals surface area contributed by atoms with Crippen LogP contribution in [0.3, 0.4) is 0 Å². The molecular weight excluding hydrogens is 408 g/mol. The topological polar surface area (TPSA) is 59.9 Å². The number of unbranched alkanes of at least 4 members (excludes halogenated alkanes) is 1. The van der Waals surface area contributed by atoms with Crippen LogP contribution >= 0.6 is 15.9 Å². The van der Waals surface area contributed by atoms with Crippen LogP contribution in [0.4, 0.5) is 0 Å². The Bertz CT molecular complexity index is 747. The predicted molar refractivity (Wildman–Crippen MR) is 111 cm³/mol. The Morgan fingerprint density at radius 2 is 1.96 bits per heavy atom. The molecule has 2 aromatic rings. The van der Waals surface area contributed by atoms with Gasteiger partial charge in [0.2, 0.25) is 0 Å². The summed E-state index contributed by atoms with van der Waals surface area (Å²) >= 11 is 3.39. The van der Waals surface area contributed by atoms with Gasteiger partial charge in [-0.2, -0.15) is 5.10 Å². The second kappa shape index (κ2) is 11.4. The number of nitrogens with zero attached hydrogens (tertiary/aromatic N) is 1. The molecule has 0 aromatic heterocycles. The number of rotatable bonds is 10. The van der Waals surface area contributed by atoms with Crippen LogP contribution in [0.15, 0.2) is 58.1 Å². The summed E-state index contributed by atoms with van der Waals surface area (Å²) in [5, 5.41) is 4.02. The molecule has 1 atom stereocenters. The molecule has 1 amide bonds. The smallest absolute Gasteiger partial charge is 0.281 e. The number of nitrogens with one attached hydrogen (secondary N) is 1. The highest BCUT2D eigenvalue weighted by molar-refractivity contribution is 9.10. The Morgan fingerprint density at radius 1 is 1.19 bits per heavy atom. The zero-order valence-corrected chi connectivity index (χ0v) is 17.2. The Balaban J connectivity index is 1.85. The van der Waals surface area contributed by atoms with E-state index < -0.39 is 6.10 Å². The van der Waals surface area contributed by atoms with E-state index in [9.17, 15) is 4.79 Å². The number of carbonyl (C=O) groups excluding carboxylic acids is 1. The fourth-order valence-corrected chi connectivity index (χ4v) is 2.63. The number of ether oxygens (including phenoxy) is 2. The van der Waals surface area contributed by atoms with E-state index >= 15 is 0 Å². The molecule has 144 valence electrons. The van der Waals surface area contributed by atoms with Crippen molar-refractivity contribution in [3.63, 3.8) is 0 Å². The van der Waals surface area contributed by atoms with E-state index in [1.165, 1.54) is 0 Å². The third-order valence-electron chi connectivity index (χ3n) is 3.77. The highest BCUT2D eigenvalue weighted by Crippen LogP contribution is 2.19.